The average Bonchev–Trinajstić information content (AvgIpc) is 2.43. The summed E-state index contributed by atoms with van der Waals surface area (Å²) in [7, 11) is 1.36. The van der Waals surface area contributed by atoms with Crippen molar-refractivity contribution < 1.29 is 9.53 Å². The molecule has 1 aliphatic carbocycles. The number of methoxy groups -OCH3 is 1. The molecule has 0 spiro atoms. The number of carbonyl (C=O) groups excluding carboxylic acids is 1. The molecule has 1 aliphatic rings. The van der Waals surface area contributed by atoms with E-state index in [-0.39, 0.29) is 11.7 Å². The summed E-state index contributed by atoms with van der Waals surface area (Å²) in [5.41, 5.74) is 2.94. The van der Waals surface area contributed by atoms with Gasteiger partial charge in [0.1, 0.15) is 11.1 Å². The van der Waals surface area contributed by atoms with Gasteiger partial charge in [-0.2, -0.15) is 5.26 Å². The molecule has 0 atom stereocenters. The van der Waals surface area contributed by atoms with E-state index in [2.05, 4.69) is 15.8 Å². The van der Waals surface area contributed by atoms with Gasteiger partial charge in [0, 0.05) is 6.20 Å². The largest absolute Gasteiger partial charge is 0.468 e. The number of nitrogens with zero attached hydrogens (tertiary/aromatic N) is 2. The Balaban J connectivity index is 2.26. The molecule has 94 valence electrons. The van der Waals surface area contributed by atoms with E-state index in [4.69, 9.17) is 0 Å². The van der Waals surface area contributed by atoms with Gasteiger partial charge < -0.3 is 4.74 Å². The van der Waals surface area contributed by atoms with Crippen molar-refractivity contribution in [3.05, 3.63) is 22.9 Å². The summed E-state index contributed by atoms with van der Waals surface area (Å²) in [6.45, 7) is 0. The predicted octanol–water partition coefficient (Wildman–Crippen LogP) is 2.10. The molecule has 0 aliphatic heterocycles. The summed E-state index contributed by atoms with van der Waals surface area (Å²) in [6.07, 6.45) is 6.06. The van der Waals surface area contributed by atoms with Crippen LogP contribution in [0.3, 0.4) is 0 Å². The highest BCUT2D eigenvalue weighted by Gasteiger charge is 2.18. The molecule has 0 bridgehead atoms. The lowest BCUT2D eigenvalue weighted by Gasteiger charge is -2.17. The molecular formula is C13H14N2O2S. The molecule has 0 saturated carbocycles. The second kappa shape index (κ2) is 5.87. The van der Waals surface area contributed by atoms with Gasteiger partial charge in [0.2, 0.25) is 0 Å². The SMILES string of the molecule is COC(=O)CSc1ncc2c(c1C#N)CCCC2. The molecule has 0 N–H and O–H groups in total. The Morgan fingerprint density at radius 1 is 1.56 bits per heavy atom. The smallest absolute Gasteiger partial charge is 0.316 e. The van der Waals surface area contributed by atoms with Crippen LogP contribution >= 0.6 is 11.8 Å². The van der Waals surface area contributed by atoms with Crippen molar-refractivity contribution in [1.29, 1.82) is 5.26 Å². The van der Waals surface area contributed by atoms with Crippen molar-refractivity contribution >= 4 is 17.7 Å². The van der Waals surface area contributed by atoms with E-state index in [0.717, 1.165) is 31.2 Å². The van der Waals surface area contributed by atoms with Crippen molar-refractivity contribution in [2.75, 3.05) is 12.9 Å². The van der Waals surface area contributed by atoms with Crippen molar-refractivity contribution in [1.82, 2.24) is 4.98 Å². The monoisotopic (exact) mass is 262 g/mol. The number of hydrogen-bond acceptors (Lipinski definition) is 5. The molecule has 0 fully saturated rings. The molecule has 0 aromatic carbocycles. The molecule has 4 nitrogen and oxygen atoms in total. The number of carbonyl (C=O) groups is 1. The molecule has 1 aromatic rings. The molecule has 18 heavy (non-hydrogen) atoms. The number of rotatable bonds is 3. The van der Waals surface area contributed by atoms with Gasteiger partial charge in [0.15, 0.2) is 0 Å². The molecule has 0 unspecified atom stereocenters. The maximum Gasteiger partial charge on any atom is 0.316 e. The van der Waals surface area contributed by atoms with E-state index in [9.17, 15) is 10.1 Å². The first-order valence-corrected chi connectivity index (χ1v) is 6.85. The van der Waals surface area contributed by atoms with Crippen molar-refractivity contribution in [3.8, 4) is 6.07 Å². The van der Waals surface area contributed by atoms with Crippen LogP contribution in [-0.4, -0.2) is 23.8 Å². The molecule has 1 heterocycles. The van der Waals surface area contributed by atoms with Gasteiger partial charge in [-0.15, -0.1) is 0 Å². The van der Waals surface area contributed by atoms with E-state index in [1.54, 1.807) is 0 Å². The summed E-state index contributed by atoms with van der Waals surface area (Å²) in [5.74, 6) is -0.111. The van der Waals surface area contributed by atoms with E-state index < -0.39 is 0 Å². The Hall–Kier alpha value is -1.54. The zero-order valence-corrected chi connectivity index (χ0v) is 11.0. The highest BCUT2D eigenvalue weighted by molar-refractivity contribution is 7.99. The first kappa shape index (κ1) is 12.9. The number of esters is 1. The number of nitriles is 1. The summed E-state index contributed by atoms with van der Waals surface area (Å²) in [4.78, 5) is 15.4. The van der Waals surface area contributed by atoms with Crippen LogP contribution in [-0.2, 0) is 22.4 Å². The van der Waals surface area contributed by atoms with E-state index >= 15 is 0 Å². The minimum Gasteiger partial charge on any atom is -0.468 e. The normalized spacial score (nSPS) is 13.6. The number of fused-ring (bicyclic) bond motifs is 1. The van der Waals surface area contributed by atoms with Crippen LogP contribution in [0.1, 0.15) is 29.5 Å². The number of ether oxygens (including phenoxy) is 1. The highest BCUT2D eigenvalue weighted by Crippen LogP contribution is 2.29. The Morgan fingerprint density at radius 2 is 2.33 bits per heavy atom. The van der Waals surface area contributed by atoms with E-state index in [1.165, 1.54) is 24.4 Å². The first-order chi connectivity index (χ1) is 8.76. The minimum atomic E-state index is -0.302. The van der Waals surface area contributed by atoms with E-state index in [0.29, 0.717) is 10.6 Å². The molecule has 0 amide bonds. The number of aryl methyl sites for hydroxylation is 1. The van der Waals surface area contributed by atoms with E-state index in [1.807, 2.05) is 6.20 Å². The second-order valence-electron chi connectivity index (χ2n) is 4.13. The summed E-state index contributed by atoms with van der Waals surface area (Å²) >= 11 is 1.27. The molecule has 0 saturated heterocycles. The maximum absolute atomic E-state index is 11.1. The van der Waals surface area contributed by atoms with Gasteiger partial charge in [-0.1, -0.05) is 11.8 Å². The van der Waals surface area contributed by atoms with Crippen LogP contribution < -0.4 is 0 Å². The van der Waals surface area contributed by atoms with Gasteiger partial charge in [-0.05, 0) is 36.8 Å². The zero-order chi connectivity index (χ0) is 13.0. The van der Waals surface area contributed by atoms with Gasteiger partial charge in [0.25, 0.3) is 0 Å². The lowest BCUT2D eigenvalue weighted by atomic mass is 9.90. The highest BCUT2D eigenvalue weighted by atomic mass is 32.2. The molecule has 0 radical (unpaired) electrons. The number of pyridine rings is 1. The maximum atomic E-state index is 11.1. The second-order valence-corrected chi connectivity index (χ2v) is 5.09. The van der Waals surface area contributed by atoms with Crippen LogP contribution in [0, 0.1) is 11.3 Å². The Bertz CT molecular complexity index is 508. The van der Waals surface area contributed by atoms with Gasteiger partial charge in [-0.3, -0.25) is 4.79 Å². The summed E-state index contributed by atoms with van der Waals surface area (Å²) in [5, 5.41) is 9.92. The lowest BCUT2D eigenvalue weighted by Crippen LogP contribution is -2.09. The fourth-order valence-electron chi connectivity index (χ4n) is 2.10. The van der Waals surface area contributed by atoms with Crippen molar-refractivity contribution in [2.24, 2.45) is 0 Å². The standard InChI is InChI=1S/C13H14N2O2S/c1-17-12(16)8-18-13-11(6-14)10-5-3-2-4-9(10)7-15-13/h7H,2-5,8H2,1H3. The number of hydrogen-bond donors (Lipinski definition) is 0. The van der Waals surface area contributed by atoms with Crippen LogP contribution in [0.2, 0.25) is 0 Å². The molecule has 5 heteroatoms. The zero-order valence-electron chi connectivity index (χ0n) is 10.2. The third kappa shape index (κ3) is 2.65. The Morgan fingerprint density at radius 3 is 3.06 bits per heavy atom. The van der Waals surface area contributed by atoms with Crippen LogP contribution in [0.25, 0.3) is 0 Å². The molecular weight excluding hydrogens is 248 g/mol. The summed E-state index contributed by atoms with van der Waals surface area (Å²) in [6, 6.07) is 2.23. The van der Waals surface area contributed by atoms with Gasteiger partial charge in [0.05, 0.1) is 18.4 Å². The predicted molar refractivity (Wildman–Crippen MR) is 68.3 cm³/mol. The fourth-order valence-corrected chi connectivity index (χ4v) is 2.91. The molecule has 2 rings (SSSR count). The first-order valence-electron chi connectivity index (χ1n) is 5.86. The topological polar surface area (TPSA) is 63.0 Å². The van der Waals surface area contributed by atoms with Crippen molar-refractivity contribution in [3.63, 3.8) is 0 Å². The average molecular weight is 262 g/mol. The summed E-state index contributed by atoms with van der Waals surface area (Å²) < 4.78 is 4.59. The van der Waals surface area contributed by atoms with Crippen LogP contribution in [0.5, 0.6) is 0 Å². The Labute approximate surface area is 110 Å². The quantitative estimate of drug-likeness (QED) is 0.616. The minimum absolute atomic E-state index is 0.191. The molecule has 1 aromatic heterocycles. The third-order valence-corrected chi connectivity index (χ3v) is 3.99. The van der Waals surface area contributed by atoms with Crippen molar-refractivity contribution in [2.45, 2.75) is 30.7 Å². The van der Waals surface area contributed by atoms with Gasteiger partial charge >= 0.3 is 5.97 Å². The third-order valence-electron chi connectivity index (χ3n) is 3.03. The van der Waals surface area contributed by atoms with Gasteiger partial charge in [-0.25, -0.2) is 4.98 Å². The Kier molecular flexibility index (Phi) is 4.21. The number of aromatic nitrogens is 1. The van der Waals surface area contributed by atoms with Crippen LogP contribution in [0.4, 0.5) is 0 Å². The number of thioether (sulfide) groups is 1. The van der Waals surface area contributed by atoms with Crippen LogP contribution in [0.15, 0.2) is 11.2 Å². The fraction of sp³-hybridized carbons (Fsp3) is 0.462. The lowest BCUT2D eigenvalue weighted by molar-refractivity contribution is -0.137.